The Morgan fingerprint density at radius 2 is 1.78 bits per heavy atom. The van der Waals surface area contributed by atoms with Crippen LogP contribution >= 0.6 is 0 Å². The van der Waals surface area contributed by atoms with Crippen LogP contribution in [0.1, 0.15) is 38.5 Å². The number of nitrogens with zero attached hydrogens (tertiary/aromatic N) is 1. The lowest BCUT2D eigenvalue weighted by molar-refractivity contribution is -0.151. The standard InChI is InChI=1S/C12H17F2NO3/c13-12(14)5-3-8(4-6-12)10(16)15-7-1-2-9(15)11(17)18/h8-9H,1-7H2,(H,17,18)/t9-/m1/s1. The largest absolute Gasteiger partial charge is 0.480 e. The Morgan fingerprint density at radius 1 is 1.17 bits per heavy atom. The van der Waals surface area contributed by atoms with Crippen molar-refractivity contribution >= 4 is 11.9 Å². The second-order valence-electron chi connectivity index (χ2n) is 5.16. The van der Waals surface area contributed by atoms with Crippen LogP contribution in [0.2, 0.25) is 0 Å². The molecule has 18 heavy (non-hydrogen) atoms. The number of hydrogen-bond donors (Lipinski definition) is 1. The first-order valence-electron chi connectivity index (χ1n) is 6.32. The van der Waals surface area contributed by atoms with Gasteiger partial charge in [0, 0.05) is 25.3 Å². The van der Waals surface area contributed by atoms with Crippen LogP contribution < -0.4 is 0 Å². The van der Waals surface area contributed by atoms with E-state index in [2.05, 4.69) is 0 Å². The number of carboxylic acid groups (broad SMARTS) is 1. The van der Waals surface area contributed by atoms with Gasteiger partial charge in [0.15, 0.2) is 0 Å². The Morgan fingerprint density at radius 3 is 2.33 bits per heavy atom. The van der Waals surface area contributed by atoms with Gasteiger partial charge in [0.2, 0.25) is 11.8 Å². The molecule has 0 aromatic carbocycles. The lowest BCUT2D eigenvalue weighted by Crippen LogP contribution is -2.45. The number of carboxylic acids is 1. The van der Waals surface area contributed by atoms with Crippen LogP contribution in [0.15, 0.2) is 0 Å². The molecule has 2 rings (SSSR count). The predicted octanol–water partition coefficient (Wildman–Crippen LogP) is 1.89. The van der Waals surface area contributed by atoms with Gasteiger partial charge < -0.3 is 10.0 Å². The first kappa shape index (κ1) is 13.2. The zero-order chi connectivity index (χ0) is 13.3. The molecule has 2 fully saturated rings. The van der Waals surface area contributed by atoms with Crippen LogP contribution in [-0.2, 0) is 9.59 Å². The third-order valence-corrected chi connectivity index (χ3v) is 3.89. The maximum atomic E-state index is 13.0. The van der Waals surface area contributed by atoms with Crippen molar-refractivity contribution in [1.29, 1.82) is 0 Å². The normalized spacial score (nSPS) is 28.3. The molecular weight excluding hydrogens is 244 g/mol. The summed E-state index contributed by atoms with van der Waals surface area (Å²) in [5.74, 6) is -4.34. The molecule has 1 amide bonds. The molecule has 1 heterocycles. The molecule has 1 N–H and O–H groups in total. The summed E-state index contributed by atoms with van der Waals surface area (Å²) in [6, 6.07) is -0.764. The van der Waals surface area contributed by atoms with Crippen molar-refractivity contribution < 1.29 is 23.5 Å². The molecule has 102 valence electrons. The van der Waals surface area contributed by atoms with Crippen molar-refractivity contribution in [3.63, 3.8) is 0 Å². The van der Waals surface area contributed by atoms with Gasteiger partial charge in [0.25, 0.3) is 0 Å². The smallest absolute Gasteiger partial charge is 0.326 e. The fraction of sp³-hybridized carbons (Fsp3) is 0.833. The van der Waals surface area contributed by atoms with Gasteiger partial charge in [0.1, 0.15) is 6.04 Å². The second-order valence-corrected chi connectivity index (χ2v) is 5.16. The van der Waals surface area contributed by atoms with E-state index in [1.807, 2.05) is 0 Å². The van der Waals surface area contributed by atoms with Crippen molar-refractivity contribution in [2.75, 3.05) is 6.54 Å². The Labute approximate surface area is 104 Å². The van der Waals surface area contributed by atoms with E-state index in [1.54, 1.807) is 0 Å². The van der Waals surface area contributed by atoms with Gasteiger partial charge in [0.05, 0.1) is 0 Å². The van der Waals surface area contributed by atoms with E-state index in [0.29, 0.717) is 19.4 Å². The highest BCUT2D eigenvalue weighted by Gasteiger charge is 2.42. The number of halogens is 2. The zero-order valence-electron chi connectivity index (χ0n) is 10.1. The number of carbonyl (C=O) groups excluding carboxylic acids is 1. The van der Waals surface area contributed by atoms with Gasteiger partial charge in [-0.15, -0.1) is 0 Å². The maximum absolute atomic E-state index is 13.0. The van der Waals surface area contributed by atoms with E-state index >= 15 is 0 Å². The second kappa shape index (κ2) is 4.82. The van der Waals surface area contributed by atoms with Crippen molar-refractivity contribution in [2.24, 2.45) is 5.92 Å². The first-order valence-corrected chi connectivity index (χ1v) is 6.32. The third-order valence-electron chi connectivity index (χ3n) is 3.89. The number of aliphatic carboxylic acids is 1. The van der Waals surface area contributed by atoms with Gasteiger partial charge in [-0.2, -0.15) is 0 Å². The van der Waals surface area contributed by atoms with Crippen LogP contribution in [0, 0.1) is 5.92 Å². The average Bonchev–Trinajstić information content (AvgIpc) is 2.77. The van der Waals surface area contributed by atoms with Gasteiger partial charge in [-0.05, 0) is 25.7 Å². The Kier molecular flexibility index (Phi) is 3.54. The van der Waals surface area contributed by atoms with Gasteiger partial charge >= 0.3 is 5.97 Å². The quantitative estimate of drug-likeness (QED) is 0.825. The molecular formula is C12H17F2NO3. The van der Waals surface area contributed by atoms with E-state index in [4.69, 9.17) is 5.11 Å². The van der Waals surface area contributed by atoms with E-state index in [-0.39, 0.29) is 31.6 Å². The van der Waals surface area contributed by atoms with Crippen LogP contribution in [-0.4, -0.2) is 40.4 Å². The molecule has 0 bridgehead atoms. The summed E-state index contributed by atoms with van der Waals surface area (Å²) in [6.07, 6.45) is 0.919. The predicted molar refractivity (Wildman–Crippen MR) is 59.3 cm³/mol. The summed E-state index contributed by atoms with van der Waals surface area (Å²) in [7, 11) is 0. The van der Waals surface area contributed by atoms with E-state index in [0.717, 1.165) is 0 Å². The van der Waals surface area contributed by atoms with Crippen LogP contribution in [0.5, 0.6) is 0 Å². The summed E-state index contributed by atoms with van der Waals surface area (Å²) in [4.78, 5) is 24.5. The van der Waals surface area contributed by atoms with Gasteiger partial charge in [-0.25, -0.2) is 13.6 Å². The summed E-state index contributed by atoms with van der Waals surface area (Å²) in [5.41, 5.74) is 0. The molecule has 1 aliphatic carbocycles. The molecule has 1 aliphatic heterocycles. The number of alkyl halides is 2. The lowest BCUT2D eigenvalue weighted by atomic mass is 9.86. The van der Waals surface area contributed by atoms with Crippen molar-refractivity contribution in [2.45, 2.75) is 50.5 Å². The maximum Gasteiger partial charge on any atom is 0.326 e. The van der Waals surface area contributed by atoms with Crippen LogP contribution in [0.4, 0.5) is 8.78 Å². The van der Waals surface area contributed by atoms with Crippen molar-refractivity contribution in [3.05, 3.63) is 0 Å². The summed E-state index contributed by atoms with van der Waals surface area (Å²) < 4.78 is 26.0. The number of amides is 1. The topological polar surface area (TPSA) is 57.6 Å². The van der Waals surface area contributed by atoms with Gasteiger partial charge in [-0.3, -0.25) is 4.79 Å². The van der Waals surface area contributed by atoms with Gasteiger partial charge in [-0.1, -0.05) is 0 Å². The fourth-order valence-electron chi connectivity index (χ4n) is 2.81. The fourth-order valence-corrected chi connectivity index (χ4v) is 2.81. The SMILES string of the molecule is O=C(O)[C@H]1CCCN1C(=O)C1CCC(F)(F)CC1. The summed E-state index contributed by atoms with van der Waals surface area (Å²) >= 11 is 0. The highest BCUT2D eigenvalue weighted by atomic mass is 19.3. The van der Waals surface area contributed by atoms with E-state index in [1.165, 1.54) is 4.90 Å². The van der Waals surface area contributed by atoms with Crippen LogP contribution in [0.3, 0.4) is 0 Å². The molecule has 1 saturated carbocycles. The van der Waals surface area contributed by atoms with Crippen molar-refractivity contribution in [1.82, 2.24) is 4.90 Å². The molecule has 2 aliphatic rings. The first-order chi connectivity index (χ1) is 8.41. The molecule has 0 aromatic heterocycles. The third kappa shape index (κ3) is 2.62. The molecule has 0 aromatic rings. The minimum absolute atomic E-state index is 0.161. The molecule has 6 heteroatoms. The monoisotopic (exact) mass is 261 g/mol. The van der Waals surface area contributed by atoms with E-state index < -0.39 is 23.9 Å². The number of likely N-dealkylation sites (tertiary alicyclic amines) is 1. The number of carbonyl (C=O) groups is 2. The highest BCUT2D eigenvalue weighted by molar-refractivity contribution is 5.85. The minimum atomic E-state index is -2.66. The molecule has 1 saturated heterocycles. The molecule has 0 radical (unpaired) electrons. The molecule has 0 unspecified atom stereocenters. The zero-order valence-corrected chi connectivity index (χ0v) is 10.1. The molecule has 0 spiro atoms. The minimum Gasteiger partial charge on any atom is -0.480 e. The number of rotatable bonds is 2. The average molecular weight is 261 g/mol. The highest BCUT2D eigenvalue weighted by Crippen LogP contribution is 2.37. The summed E-state index contributed by atoms with van der Waals surface area (Å²) in [6.45, 7) is 0.433. The Balaban J connectivity index is 1.97. The lowest BCUT2D eigenvalue weighted by Gasteiger charge is -2.31. The molecule has 4 nitrogen and oxygen atoms in total. The summed E-state index contributed by atoms with van der Waals surface area (Å²) in [5, 5.41) is 9.00. The van der Waals surface area contributed by atoms with Crippen molar-refractivity contribution in [3.8, 4) is 0 Å². The van der Waals surface area contributed by atoms with Crippen LogP contribution in [0.25, 0.3) is 0 Å². The number of hydrogen-bond acceptors (Lipinski definition) is 2. The Bertz CT molecular complexity index is 349. The molecule has 1 atom stereocenters. The Hall–Kier alpha value is -1.20. The van der Waals surface area contributed by atoms with E-state index in [9.17, 15) is 18.4 Å².